The van der Waals surface area contributed by atoms with Crippen LogP contribution >= 0.6 is 23.1 Å². The van der Waals surface area contributed by atoms with Gasteiger partial charge in [-0.15, -0.1) is 11.3 Å². The van der Waals surface area contributed by atoms with E-state index in [2.05, 4.69) is 48.6 Å². The van der Waals surface area contributed by atoms with Gasteiger partial charge in [0.1, 0.15) is 6.04 Å². The summed E-state index contributed by atoms with van der Waals surface area (Å²) in [6.07, 6.45) is 5.35. The highest BCUT2D eigenvalue weighted by molar-refractivity contribution is 7.98. The standard InChI is InChI=1S/C35H39NO4S2/c1-4-5-15-31(33-19-18-32(42-33)26-12-7-6-8-13-26)40-23-25-16-17-28(29(22-25)27-14-10-9-11-24(27)2)34(37)36-30(35(38)39)20-21-41-3/h6-14,16-19,22,30-31H,4-5,15,20-21,23H2,1-3H3,(H,36,37)(H,38,39)/t30-,31-/m0/s1. The molecule has 0 bridgehead atoms. The summed E-state index contributed by atoms with van der Waals surface area (Å²) in [5.41, 5.74) is 5.37. The fraction of sp³-hybridized carbons (Fsp3) is 0.314. The van der Waals surface area contributed by atoms with Gasteiger partial charge in [0.2, 0.25) is 0 Å². The predicted molar refractivity (Wildman–Crippen MR) is 175 cm³/mol. The number of nitrogens with one attached hydrogen (secondary N) is 1. The first-order valence-corrected chi connectivity index (χ1v) is 16.6. The van der Waals surface area contributed by atoms with E-state index in [-0.39, 0.29) is 12.0 Å². The minimum Gasteiger partial charge on any atom is -0.480 e. The third-order valence-corrected chi connectivity index (χ3v) is 9.12. The Kier molecular flexibility index (Phi) is 11.8. The van der Waals surface area contributed by atoms with Gasteiger partial charge in [-0.25, -0.2) is 4.79 Å². The Morgan fingerprint density at radius 1 is 0.952 bits per heavy atom. The molecule has 0 fully saturated rings. The number of carboxylic acid groups (broad SMARTS) is 1. The molecule has 0 radical (unpaired) electrons. The molecule has 7 heteroatoms. The zero-order chi connectivity index (χ0) is 29.9. The third kappa shape index (κ3) is 8.34. The summed E-state index contributed by atoms with van der Waals surface area (Å²) in [5, 5.41) is 12.4. The summed E-state index contributed by atoms with van der Waals surface area (Å²) >= 11 is 3.33. The summed E-state index contributed by atoms with van der Waals surface area (Å²) < 4.78 is 6.56. The maximum absolute atomic E-state index is 13.4. The van der Waals surface area contributed by atoms with Crippen LogP contribution in [0.2, 0.25) is 0 Å². The van der Waals surface area contributed by atoms with Crippen molar-refractivity contribution in [3.63, 3.8) is 0 Å². The van der Waals surface area contributed by atoms with Crippen LogP contribution in [0.3, 0.4) is 0 Å². The Balaban J connectivity index is 1.59. The number of carboxylic acids is 1. The molecule has 2 N–H and O–H groups in total. The van der Waals surface area contributed by atoms with Crippen molar-refractivity contribution in [1.29, 1.82) is 0 Å². The van der Waals surface area contributed by atoms with Gasteiger partial charge in [-0.1, -0.05) is 80.4 Å². The van der Waals surface area contributed by atoms with Gasteiger partial charge in [-0.3, -0.25) is 4.79 Å². The van der Waals surface area contributed by atoms with Crippen molar-refractivity contribution in [2.45, 2.75) is 58.3 Å². The van der Waals surface area contributed by atoms with Crippen LogP contribution in [0.15, 0.2) is 84.9 Å². The molecule has 0 saturated heterocycles. The van der Waals surface area contributed by atoms with Crippen LogP contribution in [-0.2, 0) is 16.1 Å². The lowest BCUT2D eigenvalue weighted by molar-refractivity contribution is -0.139. The van der Waals surface area contributed by atoms with E-state index >= 15 is 0 Å². The molecule has 1 heterocycles. The summed E-state index contributed by atoms with van der Waals surface area (Å²) in [6.45, 7) is 4.61. The number of rotatable bonds is 15. The van der Waals surface area contributed by atoms with E-state index in [1.165, 1.54) is 15.3 Å². The second-order valence-corrected chi connectivity index (χ2v) is 12.5. The Hall–Kier alpha value is -3.39. The van der Waals surface area contributed by atoms with Gasteiger partial charge in [0.15, 0.2) is 0 Å². The number of thiophene rings is 1. The Morgan fingerprint density at radius 2 is 1.71 bits per heavy atom. The topological polar surface area (TPSA) is 75.6 Å². The second-order valence-electron chi connectivity index (χ2n) is 10.4. The van der Waals surface area contributed by atoms with Crippen LogP contribution < -0.4 is 5.32 Å². The lowest BCUT2D eigenvalue weighted by Crippen LogP contribution is -2.41. The lowest BCUT2D eigenvalue weighted by atomic mass is 9.93. The molecule has 1 aromatic heterocycles. The largest absolute Gasteiger partial charge is 0.480 e. The molecule has 1 amide bonds. The third-order valence-electron chi connectivity index (χ3n) is 7.25. The van der Waals surface area contributed by atoms with Gasteiger partial charge in [0.25, 0.3) is 5.91 Å². The van der Waals surface area contributed by atoms with Crippen LogP contribution in [0.5, 0.6) is 0 Å². The van der Waals surface area contributed by atoms with Crippen LogP contribution in [0.25, 0.3) is 21.6 Å². The number of ether oxygens (including phenoxy) is 1. The molecule has 3 aromatic carbocycles. The number of hydrogen-bond acceptors (Lipinski definition) is 5. The lowest BCUT2D eigenvalue weighted by Gasteiger charge is -2.19. The van der Waals surface area contributed by atoms with Gasteiger partial charge in [-0.05, 0) is 83.9 Å². The zero-order valence-corrected chi connectivity index (χ0v) is 26.1. The maximum Gasteiger partial charge on any atom is 0.326 e. The fourth-order valence-corrected chi connectivity index (χ4v) is 6.45. The first-order chi connectivity index (χ1) is 20.4. The number of carbonyl (C=O) groups excluding carboxylic acids is 1. The van der Waals surface area contributed by atoms with E-state index in [9.17, 15) is 14.7 Å². The van der Waals surface area contributed by atoms with E-state index in [1.54, 1.807) is 29.2 Å². The Bertz CT molecular complexity index is 1470. The smallest absolute Gasteiger partial charge is 0.326 e. The molecule has 4 aromatic rings. The average Bonchev–Trinajstić information content (AvgIpc) is 3.50. The summed E-state index contributed by atoms with van der Waals surface area (Å²) in [4.78, 5) is 27.7. The van der Waals surface area contributed by atoms with Gasteiger partial charge in [-0.2, -0.15) is 11.8 Å². The summed E-state index contributed by atoms with van der Waals surface area (Å²) in [6, 6.07) is 27.5. The molecular formula is C35H39NO4S2. The van der Waals surface area contributed by atoms with Crippen molar-refractivity contribution in [3.8, 4) is 21.6 Å². The number of carbonyl (C=O) groups is 2. The average molecular weight is 602 g/mol. The normalized spacial score (nSPS) is 12.5. The van der Waals surface area contributed by atoms with E-state index in [0.717, 1.165) is 41.5 Å². The molecule has 0 aliphatic rings. The molecule has 0 aliphatic carbocycles. The molecule has 0 aliphatic heterocycles. The highest BCUT2D eigenvalue weighted by Crippen LogP contribution is 2.36. The molecule has 42 heavy (non-hydrogen) atoms. The maximum atomic E-state index is 13.4. The molecule has 2 atom stereocenters. The molecule has 5 nitrogen and oxygen atoms in total. The van der Waals surface area contributed by atoms with Crippen LogP contribution in [0.4, 0.5) is 0 Å². The first kappa shape index (κ1) is 31.5. The number of benzene rings is 3. The van der Waals surface area contributed by atoms with E-state index in [1.807, 2.05) is 55.6 Å². The van der Waals surface area contributed by atoms with Crippen molar-refractivity contribution in [2.24, 2.45) is 0 Å². The van der Waals surface area contributed by atoms with Crippen LogP contribution in [0, 0.1) is 6.92 Å². The summed E-state index contributed by atoms with van der Waals surface area (Å²) in [5.74, 6) is -0.766. The van der Waals surface area contributed by atoms with Crippen molar-refractivity contribution >= 4 is 35.0 Å². The number of amides is 1. The van der Waals surface area contributed by atoms with Gasteiger partial charge in [0.05, 0.1) is 12.7 Å². The SMILES string of the molecule is CCCC[C@H](OCc1ccc(C(=O)N[C@@H](CCSC)C(=O)O)c(-c2ccccc2C)c1)c1ccc(-c2ccccc2)s1. The highest BCUT2D eigenvalue weighted by atomic mass is 32.2. The molecule has 0 saturated carbocycles. The molecule has 220 valence electrons. The first-order valence-electron chi connectivity index (χ1n) is 14.4. The van der Waals surface area contributed by atoms with Gasteiger partial charge in [0, 0.05) is 15.3 Å². The Morgan fingerprint density at radius 3 is 2.43 bits per heavy atom. The number of thioether (sulfide) groups is 1. The van der Waals surface area contributed by atoms with Crippen molar-refractivity contribution < 1.29 is 19.4 Å². The van der Waals surface area contributed by atoms with Gasteiger partial charge < -0.3 is 15.2 Å². The molecule has 0 unspecified atom stereocenters. The monoisotopic (exact) mass is 601 g/mol. The van der Waals surface area contributed by atoms with E-state index in [0.29, 0.717) is 24.3 Å². The zero-order valence-electron chi connectivity index (χ0n) is 24.5. The number of aryl methyl sites for hydroxylation is 1. The number of hydrogen-bond donors (Lipinski definition) is 2. The fourth-order valence-electron chi connectivity index (χ4n) is 4.88. The Labute approximate surface area is 257 Å². The van der Waals surface area contributed by atoms with Crippen LogP contribution in [-0.4, -0.2) is 35.0 Å². The minimum atomic E-state index is -1.03. The van der Waals surface area contributed by atoms with E-state index in [4.69, 9.17) is 4.74 Å². The van der Waals surface area contributed by atoms with Gasteiger partial charge >= 0.3 is 5.97 Å². The molecule has 0 spiro atoms. The highest BCUT2D eigenvalue weighted by Gasteiger charge is 2.23. The van der Waals surface area contributed by atoms with Crippen molar-refractivity contribution in [3.05, 3.63) is 106 Å². The number of aliphatic carboxylic acids is 1. The minimum absolute atomic E-state index is 0.0231. The predicted octanol–water partition coefficient (Wildman–Crippen LogP) is 8.77. The van der Waals surface area contributed by atoms with Crippen molar-refractivity contribution in [2.75, 3.05) is 12.0 Å². The quantitative estimate of drug-likeness (QED) is 0.142. The van der Waals surface area contributed by atoms with Crippen LogP contribution in [0.1, 0.15) is 65.1 Å². The molecular weight excluding hydrogens is 563 g/mol. The molecule has 4 rings (SSSR count). The van der Waals surface area contributed by atoms with Crippen molar-refractivity contribution in [1.82, 2.24) is 5.32 Å². The van der Waals surface area contributed by atoms with E-state index < -0.39 is 12.0 Å². The second kappa shape index (κ2) is 15.7. The summed E-state index contributed by atoms with van der Waals surface area (Å²) in [7, 11) is 0. The number of unbranched alkanes of at least 4 members (excludes halogenated alkanes) is 1.